The van der Waals surface area contributed by atoms with Crippen molar-refractivity contribution in [1.82, 2.24) is 24.7 Å². The fourth-order valence-electron chi connectivity index (χ4n) is 3.84. The molecule has 4 rings (SSSR count). The molecular weight excluding hydrogens is 487 g/mol. The van der Waals surface area contributed by atoms with Crippen LogP contribution in [-0.4, -0.2) is 36.9 Å². The van der Waals surface area contributed by atoms with Gasteiger partial charge in [0.25, 0.3) is 11.1 Å². The van der Waals surface area contributed by atoms with Gasteiger partial charge in [0.1, 0.15) is 17.6 Å². The Kier molecular flexibility index (Phi) is 6.82. The minimum atomic E-state index is -4.94. The number of hydrogen-bond donors (Lipinski definition) is 2. The molecule has 2 N–H and O–H groups in total. The minimum absolute atomic E-state index is 0.0254. The molecule has 188 valence electrons. The lowest BCUT2D eigenvalue weighted by molar-refractivity contribution is -0.138. The highest BCUT2D eigenvalue weighted by Crippen LogP contribution is 2.32. The lowest BCUT2D eigenvalue weighted by Crippen LogP contribution is -2.30. The number of alkyl halides is 4. The molecule has 3 aromatic heterocycles. The first-order valence-corrected chi connectivity index (χ1v) is 10.7. The van der Waals surface area contributed by atoms with Crippen molar-refractivity contribution in [3.05, 3.63) is 81.1 Å². The minimum Gasteiger partial charge on any atom is -0.381 e. The number of rotatable bonds is 7. The van der Waals surface area contributed by atoms with Gasteiger partial charge < -0.3 is 9.88 Å². The molecule has 3 heterocycles. The number of benzene rings is 1. The molecule has 4 aromatic rings. The van der Waals surface area contributed by atoms with E-state index in [9.17, 15) is 31.5 Å². The number of hydrogen-bond acceptors (Lipinski definition) is 6. The summed E-state index contributed by atoms with van der Waals surface area (Å²) in [4.78, 5) is 32.4. The van der Waals surface area contributed by atoms with Gasteiger partial charge in [0.15, 0.2) is 5.82 Å². The second-order valence-corrected chi connectivity index (χ2v) is 8.13. The summed E-state index contributed by atoms with van der Waals surface area (Å²) in [5.41, 5.74) is -3.99. The Hall–Kier alpha value is -4.16. The molecule has 0 aliphatic heterocycles. The van der Waals surface area contributed by atoms with Crippen molar-refractivity contribution < 1.29 is 22.0 Å². The highest BCUT2D eigenvalue weighted by atomic mass is 19.4. The van der Waals surface area contributed by atoms with E-state index in [2.05, 4.69) is 20.4 Å². The molecule has 0 saturated carbocycles. The third-order valence-electron chi connectivity index (χ3n) is 5.42. The molecule has 0 aliphatic carbocycles. The van der Waals surface area contributed by atoms with Crippen molar-refractivity contribution in [2.24, 2.45) is 0 Å². The normalized spacial score (nSPS) is 13.5. The van der Waals surface area contributed by atoms with E-state index in [4.69, 9.17) is 0 Å². The summed E-state index contributed by atoms with van der Waals surface area (Å²) >= 11 is 0. The SMILES string of the molecule is C[C@@H](C[C@@H](F)Cn1ccc2cc(-c3ncccn3)c(F)cc2c1=O)Nc1cn[nH]c(=O)c1C(F)(F)F. The van der Waals surface area contributed by atoms with Gasteiger partial charge in [0, 0.05) is 31.1 Å². The standard InChI is InChI=1S/C23H19F5N6O2/c1-12(32-18-10-31-33-21(35)19(18)23(26,27)28)7-14(24)11-34-6-3-13-8-16(20-29-4-2-5-30-20)17(25)9-15(13)22(34)36/h2-6,8-10,12,14H,7,11H2,1H3,(H2,32,33,35)/t12-,14+/m0/s1. The Labute approximate surface area is 199 Å². The fraction of sp³-hybridized carbons (Fsp3) is 0.261. The monoisotopic (exact) mass is 506 g/mol. The van der Waals surface area contributed by atoms with Crippen LogP contribution in [0.1, 0.15) is 18.9 Å². The molecule has 0 amide bonds. The number of anilines is 1. The number of pyridine rings is 1. The van der Waals surface area contributed by atoms with E-state index in [1.807, 2.05) is 0 Å². The molecule has 0 unspecified atom stereocenters. The van der Waals surface area contributed by atoms with Crippen LogP contribution in [-0.2, 0) is 12.7 Å². The van der Waals surface area contributed by atoms with Crippen LogP contribution in [0.4, 0.5) is 27.6 Å². The van der Waals surface area contributed by atoms with E-state index in [1.165, 1.54) is 37.6 Å². The zero-order valence-electron chi connectivity index (χ0n) is 18.7. The van der Waals surface area contributed by atoms with Gasteiger partial charge in [-0.1, -0.05) is 0 Å². The van der Waals surface area contributed by atoms with Gasteiger partial charge in [-0.25, -0.2) is 23.8 Å². The molecule has 13 heteroatoms. The average molecular weight is 506 g/mol. The molecule has 0 spiro atoms. The maximum absolute atomic E-state index is 14.8. The Morgan fingerprint density at radius 3 is 2.58 bits per heavy atom. The van der Waals surface area contributed by atoms with Crippen LogP contribution in [0, 0.1) is 5.82 Å². The summed E-state index contributed by atoms with van der Waals surface area (Å²) in [7, 11) is 0. The van der Waals surface area contributed by atoms with E-state index in [0.717, 1.165) is 16.8 Å². The molecule has 1 aromatic carbocycles. The lowest BCUT2D eigenvalue weighted by Gasteiger charge is -2.20. The van der Waals surface area contributed by atoms with Crippen LogP contribution < -0.4 is 16.4 Å². The van der Waals surface area contributed by atoms with Crippen molar-refractivity contribution in [2.45, 2.75) is 38.3 Å². The molecule has 0 aliphatic rings. The predicted octanol–water partition coefficient (Wildman–Crippen LogP) is 3.93. The Morgan fingerprint density at radius 2 is 1.89 bits per heavy atom. The molecule has 36 heavy (non-hydrogen) atoms. The maximum Gasteiger partial charge on any atom is 0.423 e. The van der Waals surface area contributed by atoms with Crippen LogP contribution in [0.25, 0.3) is 22.2 Å². The topological polar surface area (TPSA) is 106 Å². The molecule has 0 bridgehead atoms. The van der Waals surface area contributed by atoms with E-state index in [-0.39, 0.29) is 23.2 Å². The average Bonchev–Trinajstić information content (AvgIpc) is 2.80. The summed E-state index contributed by atoms with van der Waals surface area (Å²) < 4.78 is 70.1. The molecular formula is C23H19F5N6O2. The summed E-state index contributed by atoms with van der Waals surface area (Å²) in [5.74, 6) is -0.569. The number of nitrogens with zero attached hydrogens (tertiary/aromatic N) is 4. The van der Waals surface area contributed by atoms with E-state index in [1.54, 1.807) is 11.2 Å². The zero-order chi connectivity index (χ0) is 26.0. The molecule has 0 radical (unpaired) electrons. The van der Waals surface area contributed by atoms with Crippen molar-refractivity contribution in [3.63, 3.8) is 0 Å². The molecule has 8 nitrogen and oxygen atoms in total. The van der Waals surface area contributed by atoms with Crippen molar-refractivity contribution in [2.75, 3.05) is 5.32 Å². The van der Waals surface area contributed by atoms with E-state index in [0.29, 0.717) is 5.39 Å². The fourth-order valence-corrected chi connectivity index (χ4v) is 3.84. The summed E-state index contributed by atoms with van der Waals surface area (Å²) in [6, 6.07) is 4.73. The number of fused-ring (bicyclic) bond motifs is 1. The Balaban J connectivity index is 1.51. The first kappa shape index (κ1) is 24.9. The largest absolute Gasteiger partial charge is 0.423 e. The zero-order valence-corrected chi connectivity index (χ0v) is 18.7. The van der Waals surface area contributed by atoms with Crippen molar-refractivity contribution >= 4 is 16.5 Å². The number of nitrogens with one attached hydrogen (secondary N) is 2. The number of aromatic nitrogens is 5. The molecule has 2 atom stereocenters. The number of H-pyrrole nitrogens is 1. The second kappa shape index (κ2) is 9.84. The van der Waals surface area contributed by atoms with Gasteiger partial charge in [0.2, 0.25) is 0 Å². The molecule has 0 saturated heterocycles. The third-order valence-corrected chi connectivity index (χ3v) is 5.42. The first-order chi connectivity index (χ1) is 17.0. The van der Waals surface area contributed by atoms with E-state index < -0.39 is 53.1 Å². The van der Waals surface area contributed by atoms with Gasteiger partial charge in [-0.2, -0.15) is 18.3 Å². The van der Waals surface area contributed by atoms with Crippen molar-refractivity contribution in [3.8, 4) is 11.4 Å². The highest BCUT2D eigenvalue weighted by molar-refractivity contribution is 5.85. The van der Waals surface area contributed by atoms with Crippen LogP contribution in [0.5, 0.6) is 0 Å². The summed E-state index contributed by atoms with van der Waals surface area (Å²) in [6.45, 7) is 1.02. The van der Waals surface area contributed by atoms with Gasteiger partial charge in [-0.05, 0) is 36.6 Å². The van der Waals surface area contributed by atoms with Crippen LogP contribution in [0.15, 0.2) is 58.6 Å². The number of aromatic amines is 1. The summed E-state index contributed by atoms with van der Waals surface area (Å²) in [5, 5.41) is 7.96. The first-order valence-electron chi connectivity index (χ1n) is 10.7. The maximum atomic E-state index is 14.8. The number of halogens is 5. The lowest BCUT2D eigenvalue weighted by atomic mass is 10.1. The second-order valence-electron chi connectivity index (χ2n) is 8.13. The Morgan fingerprint density at radius 1 is 1.17 bits per heavy atom. The Bertz CT molecular complexity index is 1500. The van der Waals surface area contributed by atoms with Gasteiger partial charge >= 0.3 is 6.18 Å². The van der Waals surface area contributed by atoms with Crippen LogP contribution in [0.2, 0.25) is 0 Å². The van der Waals surface area contributed by atoms with Gasteiger partial charge in [-0.3, -0.25) is 9.59 Å². The van der Waals surface area contributed by atoms with E-state index >= 15 is 0 Å². The van der Waals surface area contributed by atoms with Gasteiger partial charge in [0.05, 0.1) is 29.4 Å². The third kappa shape index (κ3) is 5.24. The molecule has 0 fully saturated rings. The van der Waals surface area contributed by atoms with Crippen molar-refractivity contribution in [1.29, 1.82) is 0 Å². The quantitative estimate of drug-likeness (QED) is 0.368. The summed E-state index contributed by atoms with van der Waals surface area (Å²) in [6.07, 6.45) is -1.80. The highest BCUT2D eigenvalue weighted by Gasteiger charge is 2.37. The van der Waals surface area contributed by atoms with Crippen LogP contribution in [0.3, 0.4) is 0 Å². The van der Waals surface area contributed by atoms with Gasteiger partial charge in [-0.15, -0.1) is 0 Å². The predicted molar refractivity (Wildman–Crippen MR) is 122 cm³/mol. The smallest absolute Gasteiger partial charge is 0.381 e. The van der Waals surface area contributed by atoms with Crippen LogP contribution >= 0.6 is 0 Å².